The maximum atomic E-state index is 13.3. The summed E-state index contributed by atoms with van der Waals surface area (Å²) in [6.07, 6.45) is 1.75. The predicted molar refractivity (Wildman–Crippen MR) is 124 cm³/mol. The van der Waals surface area contributed by atoms with Crippen molar-refractivity contribution in [3.8, 4) is 0 Å². The molecule has 7 heteroatoms. The SMILES string of the molecule is CC(CN(C(C)C)C(C)C)SC(=O)N1c2ccccc2Sc2cccnc21.Cl. The van der Waals surface area contributed by atoms with E-state index in [1.807, 2.05) is 30.3 Å². The quantitative estimate of drug-likeness (QED) is 0.535. The van der Waals surface area contributed by atoms with Crippen LogP contribution in [-0.2, 0) is 0 Å². The van der Waals surface area contributed by atoms with Gasteiger partial charge in [0.2, 0.25) is 0 Å². The van der Waals surface area contributed by atoms with Crippen LogP contribution in [0.15, 0.2) is 52.4 Å². The minimum atomic E-state index is 0. The summed E-state index contributed by atoms with van der Waals surface area (Å²) < 4.78 is 0. The van der Waals surface area contributed by atoms with Gasteiger partial charge in [0.15, 0.2) is 5.82 Å². The second kappa shape index (κ2) is 10.0. The summed E-state index contributed by atoms with van der Waals surface area (Å²) in [6, 6.07) is 12.9. The highest BCUT2D eigenvalue weighted by Gasteiger charge is 2.31. The van der Waals surface area contributed by atoms with Crippen molar-refractivity contribution in [3.63, 3.8) is 0 Å². The van der Waals surface area contributed by atoms with E-state index in [9.17, 15) is 4.79 Å². The fourth-order valence-electron chi connectivity index (χ4n) is 3.35. The monoisotopic (exact) mass is 437 g/mol. The Morgan fingerprint density at radius 2 is 1.71 bits per heavy atom. The molecule has 0 fully saturated rings. The van der Waals surface area contributed by atoms with Gasteiger partial charge in [-0.15, -0.1) is 12.4 Å². The fourth-order valence-corrected chi connectivity index (χ4v) is 5.26. The van der Waals surface area contributed by atoms with Crippen LogP contribution in [0.4, 0.5) is 16.3 Å². The highest BCUT2D eigenvalue weighted by Crippen LogP contribution is 2.48. The summed E-state index contributed by atoms with van der Waals surface area (Å²) >= 11 is 3.06. The summed E-state index contributed by atoms with van der Waals surface area (Å²) in [5.41, 5.74) is 0.919. The zero-order chi connectivity index (χ0) is 19.6. The molecule has 0 saturated carbocycles. The topological polar surface area (TPSA) is 36.4 Å². The lowest BCUT2D eigenvalue weighted by Crippen LogP contribution is -2.41. The van der Waals surface area contributed by atoms with Crippen LogP contribution >= 0.6 is 35.9 Å². The van der Waals surface area contributed by atoms with Crippen LogP contribution < -0.4 is 4.90 Å². The first kappa shape index (κ1) is 23.1. The molecule has 1 aromatic heterocycles. The van der Waals surface area contributed by atoms with Crippen molar-refractivity contribution < 1.29 is 4.79 Å². The van der Waals surface area contributed by atoms with Gasteiger partial charge in [0.25, 0.3) is 5.24 Å². The lowest BCUT2D eigenvalue weighted by molar-refractivity contribution is 0.178. The van der Waals surface area contributed by atoms with Gasteiger partial charge in [-0.2, -0.15) is 0 Å². The van der Waals surface area contributed by atoms with Crippen LogP contribution in [0.5, 0.6) is 0 Å². The Hall–Kier alpha value is -1.21. The number of anilines is 2. The molecule has 1 amide bonds. The molecule has 1 unspecified atom stereocenters. The molecule has 3 rings (SSSR count). The number of amides is 1. The van der Waals surface area contributed by atoms with E-state index in [4.69, 9.17) is 0 Å². The Morgan fingerprint density at radius 3 is 2.39 bits per heavy atom. The number of carbonyl (C=O) groups is 1. The molecule has 0 aliphatic carbocycles. The number of para-hydroxylation sites is 1. The maximum absolute atomic E-state index is 13.3. The van der Waals surface area contributed by atoms with Crippen LogP contribution in [0.2, 0.25) is 0 Å². The Labute approximate surface area is 182 Å². The Kier molecular flexibility index (Phi) is 8.25. The second-order valence-corrected chi connectivity index (χ2v) is 9.78. The number of nitrogens with zero attached hydrogens (tertiary/aromatic N) is 3. The number of thioether (sulfide) groups is 1. The molecule has 0 bridgehead atoms. The van der Waals surface area contributed by atoms with Crippen molar-refractivity contribution in [1.29, 1.82) is 0 Å². The van der Waals surface area contributed by atoms with E-state index >= 15 is 0 Å². The number of pyridine rings is 1. The molecule has 0 radical (unpaired) electrons. The summed E-state index contributed by atoms with van der Waals surface area (Å²) in [5.74, 6) is 0.732. The molecule has 1 atom stereocenters. The van der Waals surface area contributed by atoms with Crippen molar-refractivity contribution in [2.75, 3.05) is 11.4 Å². The molecule has 2 heterocycles. The minimum Gasteiger partial charge on any atom is -0.297 e. The molecule has 1 aliphatic heterocycles. The smallest absolute Gasteiger partial charge is 0.292 e. The predicted octanol–water partition coefficient (Wildman–Crippen LogP) is 6.47. The summed E-state index contributed by atoms with van der Waals surface area (Å²) in [4.78, 5) is 24.1. The highest BCUT2D eigenvalue weighted by molar-refractivity contribution is 8.14. The average Bonchev–Trinajstić information content (AvgIpc) is 2.63. The van der Waals surface area contributed by atoms with E-state index in [1.54, 1.807) is 22.9 Å². The van der Waals surface area contributed by atoms with Gasteiger partial charge in [0.05, 0.1) is 10.6 Å². The van der Waals surface area contributed by atoms with Gasteiger partial charge in [-0.3, -0.25) is 14.6 Å². The number of fused-ring (bicyclic) bond motifs is 2. The number of carbonyl (C=O) groups excluding carboxylic acids is 1. The molecule has 4 nitrogen and oxygen atoms in total. The van der Waals surface area contributed by atoms with Gasteiger partial charge in [0, 0.05) is 35.0 Å². The second-order valence-electron chi connectivity index (χ2n) is 7.31. The number of halogens is 1. The van der Waals surface area contributed by atoms with E-state index < -0.39 is 0 Å². The molecule has 1 aromatic carbocycles. The fraction of sp³-hybridized carbons (Fsp3) is 0.429. The van der Waals surface area contributed by atoms with Crippen LogP contribution in [0.1, 0.15) is 34.6 Å². The van der Waals surface area contributed by atoms with Crippen LogP contribution in [0, 0.1) is 0 Å². The third-order valence-electron chi connectivity index (χ3n) is 4.57. The van der Waals surface area contributed by atoms with E-state index in [2.05, 4.69) is 50.6 Å². The molecular formula is C21H28ClN3OS2. The largest absolute Gasteiger partial charge is 0.297 e. The van der Waals surface area contributed by atoms with Gasteiger partial charge >= 0.3 is 0 Å². The maximum Gasteiger partial charge on any atom is 0.292 e. The van der Waals surface area contributed by atoms with Gasteiger partial charge in [0.1, 0.15) is 0 Å². The molecule has 0 saturated heterocycles. The van der Waals surface area contributed by atoms with Gasteiger partial charge in [-0.05, 0) is 52.0 Å². The highest BCUT2D eigenvalue weighted by atomic mass is 35.5. The summed E-state index contributed by atoms with van der Waals surface area (Å²) in [5, 5.41) is 0.221. The Bertz CT molecular complexity index is 762. The number of rotatable bonds is 5. The van der Waals surface area contributed by atoms with E-state index in [1.165, 1.54) is 11.8 Å². The van der Waals surface area contributed by atoms with Gasteiger partial charge in [-0.1, -0.05) is 42.6 Å². The van der Waals surface area contributed by atoms with Crippen molar-refractivity contribution in [3.05, 3.63) is 42.6 Å². The zero-order valence-corrected chi connectivity index (χ0v) is 19.4. The van der Waals surface area contributed by atoms with E-state index in [0.717, 1.165) is 27.8 Å². The van der Waals surface area contributed by atoms with E-state index in [-0.39, 0.29) is 22.9 Å². The standard InChI is InChI=1S/C21H27N3OS2.ClH/c1-14(2)23(15(3)4)13-16(5)26-21(25)24-17-9-6-7-10-18(17)27-19-11-8-12-22-20(19)24;/h6-12,14-16H,13H2,1-5H3;1H. The van der Waals surface area contributed by atoms with Crippen LogP contribution in [0.25, 0.3) is 0 Å². The first-order chi connectivity index (χ1) is 12.9. The number of hydrogen-bond donors (Lipinski definition) is 0. The molecule has 28 heavy (non-hydrogen) atoms. The minimum absolute atomic E-state index is 0. The average molecular weight is 438 g/mol. The number of benzene rings is 1. The zero-order valence-electron chi connectivity index (χ0n) is 17.0. The molecule has 1 aliphatic rings. The van der Waals surface area contributed by atoms with Gasteiger partial charge in [-0.25, -0.2) is 4.98 Å². The number of aromatic nitrogens is 1. The Morgan fingerprint density at radius 1 is 1.07 bits per heavy atom. The lowest BCUT2D eigenvalue weighted by atomic mass is 10.2. The van der Waals surface area contributed by atoms with Crippen LogP contribution in [-0.4, -0.2) is 39.0 Å². The van der Waals surface area contributed by atoms with Gasteiger partial charge < -0.3 is 0 Å². The van der Waals surface area contributed by atoms with Crippen molar-refractivity contribution >= 4 is 52.7 Å². The Balaban J connectivity index is 0.00000280. The summed E-state index contributed by atoms with van der Waals surface area (Å²) in [6.45, 7) is 11.8. The first-order valence-electron chi connectivity index (χ1n) is 9.37. The molecule has 2 aromatic rings. The number of hydrogen-bond acceptors (Lipinski definition) is 5. The third kappa shape index (κ3) is 5.03. The normalized spacial score (nSPS) is 13.9. The molecular weight excluding hydrogens is 410 g/mol. The van der Waals surface area contributed by atoms with Crippen molar-refractivity contribution in [2.45, 2.75) is 61.7 Å². The van der Waals surface area contributed by atoms with Crippen molar-refractivity contribution in [1.82, 2.24) is 9.88 Å². The first-order valence-corrected chi connectivity index (χ1v) is 11.1. The summed E-state index contributed by atoms with van der Waals surface area (Å²) in [7, 11) is 0. The van der Waals surface area contributed by atoms with E-state index in [0.29, 0.717) is 12.1 Å². The molecule has 152 valence electrons. The van der Waals surface area contributed by atoms with Crippen molar-refractivity contribution in [2.24, 2.45) is 0 Å². The molecule has 0 N–H and O–H groups in total. The van der Waals surface area contributed by atoms with Crippen LogP contribution in [0.3, 0.4) is 0 Å². The molecule has 0 spiro atoms. The third-order valence-corrected chi connectivity index (χ3v) is 6.61. The lowest BCUT2D eigenvalue weighted by Gasteiger charge is -2.34.